The van der Waals surface area contributed by atoms with Crippen LogP contribution in [0.25, 0.3) is 0 Å². The standard InChI is InChI=1S/C5H12O3/c1-2-8-5(7)3-4-6/h5-7H,2-4H2,1H3. The van der Waals surface area contributed by atoms with E-state index in [4.69, 9.17) is 10.2 Å². The van der Waals surface area contributed by atoms with Gasteiger partial charge in [-0.15, -0.1) is 0 Å². The molecule has 0 spiro atoms. The highest BCUT2D eigenvalue weighted by atomic mass is 16.6. The highest BCUT2D eigenvalue weighted by Crippen LogP contribution is 1.90. The molecule has 0 aliphatic rings. The number of rotatable bonds is 4. The number of aliphatic hydroxyl groups is 2. The minimum atomic E-state index is -0.787. The molecule has 0 bridgehead atoms. The molecular formula is C5H12O3. The van der Waals surface area contributed by atoms with Gasteiger partial charge in [-0.25, -0.2) is 0 Å². The lowest BCUT2D eigenvalue weighted by molar-refractivity contribution is -0.104. The zero-order valence-corrected chi connectivity index (χ0v) is 5.00. The van der Waals surface area contributed by atoms with Crippen molar-refractivity contribution in [3.05, 3.63) is 0 Å². The Labute approximate surface area is 48.9 Å². The fourth-order valence-corrected chi connectivity index (χ4v) is 0.386. The summed E-state index contributed by atoms with van der Waals surface area (Å²) in [6.45, 7) is 2.25. The summed E-state index contributed by atoms with van der Waals surface area (Å²) in [6.07, 6.45) is -0.488. The Kier molecular flexibility index (Phi) is 4.95. The van der Waals surface area contributed by atoms with Crippen LogP contribution in [0.5, 0.6) is 0 Å². The van der Waals surface area contributed by atoms with E-state index in [1.807, 2.05) is 0 Å². The highest BCUT2D eigenvalue weighted by molar-refractivity contribution is 4.36. The summed E-state index contributed by atoms with van der Waals surface area (Å²) < 4.78 is 4.68. The van der Waals surface area contributed by atoms with Crippen molar-refractivity contribution in [2.75, 3.05) is 13.2 Å². The van der Waals surface area contributed by atoms with E-state index in [-0.39, 0.29) is 6.61 Å². The zero-order valence-electron chi connectivity index (χ0n) is 5.00. The summed E-state index contributed by atoms with van der Waals surface area (Å²) >= 11 is 0. The van der Waals surface area contributed by atoms with Crippen LogP contribution in [0, 0.1) is 0 Å². The molecule has 3 nitrogen and oxygen atoms in total. The lowest BCUT2D eigenvalue weighted by atomic mass is 10.4. The summed E-state index contributed by atoms with van der Waals surface area (Å²) in [5.41, 5.74) is 0. The quantitative estimate of drug-likeness (QED) is 0.502. The molecule has 1 unspecified atom stereocenters. The SMILES string of the molecule is CCOC(O)CCO. The monoisotopic (exact) mass is 120 g/mol. The fourth-order valence-electron chi connectivity index (χ4n) is 0.386. The van der Waals surface area contributed by atoms with Crippen molar-refractivity contribution in [1.82, 2.24) is 0 Å². The molecule has 0 aromatic carbocycles. The van der Waals surface area contributed by atoms with E-state index in [1.165, 1.54) is 0 Å². The van der Waals surface area contributed by atoms with Crippen LogP contribution in [0.3, 0.4) is 0 Å². The average molecular weight is 120 g/mol. The van der Waals surface area contributed by atoms with E-state index >= 15 is 0 Å². The maximum atomic E-state index is 8.67. The van der Waals surface area contributed by atoms with Crippen LogP contribution in [0.4, 0.5) is 0 Å². The highest BCUT2D eigenvalue weighted by Gasteiger charge is 1.98. The number of ether oxygens (including phenoxy) is 1. The average Bonchev–Trinajstić information content (AvgIpc) is 1.68. The molecule has 3 heteroatoms. The summed E-state index contributed by atoms with van der Waals surface area (Å²) in [7, 11) is 0. The van der Waals surface area contributed by atoms with Crippen LogP contribution in [0.1, 0.15) is 13.3 Å². The number of hydrogen-bond acceptors (Lipinski definition) is 3. The first-order chi connectivity index (χ1) is 3.81. The first kappa shape index (κ1) is 7.88. The lowest BCUT2D eigenvalue weighted by Crippen LogP contribution is -2.12. The lowest BCUT2D eigenvalue weighted by Gasteiger charge is -2.06. The van der Waals surface area contributed by atoms with Crippen molar-refractivity contribution < 1.29 is 14.9 Å². The summed E-state index contributed by atoms with van der Waals surface area (Å²) in [5, 5.41) is 16.9. The largest absolute Gasteiger partial charge is 0.396 e. The van der Waals surface area contributed by atoms with Crippen LogP contribution in [0.2, 0.25) is 0 Å². The Bertz CT molecular complexity index is 40.9. The molecule has 0 rings (SSSR count). The fraction of sp³-hybridized carbons (Fsp3) is 1.00. The van der Waals surface area contributed by atoms with Crippen molar-refractivity contribution >= 4 is 0 Å². The minimum absolute atomic E-state index is 0.0266. The van der Waals surface area contributed by atoms with Gasteiger partial charge >= 0.3 is 0 Å². The maximum Gasteiger partial charge on any atom is 0.156 e. The summed E-state index contributed by atoms with van der Waals surface area (Å²) in [6, 6.07) is 0. The van der Waals surface area contributed by atoms with Crippen molar-refractivity contribution in [3.8, 4) is 0 Å². The third-order valence-electron chi connectivity index (χ3n) is 0.735. The Morgan fingerprint density at radius 3 is 2.62 bits per heavy atom. The molecule has 0 aromatic rings. The normalized spacial score (nSPS) is 13.9. The second-order valence-corrected chi connectivity index (χ2v) is 1.42. The Hall–Kier alpha value is -0.120. The molecule has 50 valence electrons. The van der Waals surface area contributed by atoms with Gasteiger partial charge in [0.15, 0.2) is 6.29 Å². The third kappa shape index (κ3) is 4.05. The number of aliphatic hydroxyl groups excluding tert-OH is 2. The predicted octanol–water partition coefficient (Wildman–Crippen LogP) is -0.276. The topological polar surface area (TPSA) is 49.7 Å². The van der Waals surface area contributed by atoms with Gasteiger partial charge in [-0.3, -0.25) is 0 Å². The Morgan fingerprint density at radius 2 is 2.25 bits per heavy atom. The van der Waals surface area contributed by atoms with Crippen LogP contribution in [-0.4, -0.2) is 29.7 Å². The molecule has 0 aliphatic carbocycles. The molecule has 0 fully saturated rings. The van der Waals surface area contributed by atoms with Crippen LogP contribution in [-0.2, 0) is 4.74 Å². The number of hydrogen-bond donors (Lipinski definition) is 2. The summed E-state index contributed by atoms with van der Waals surface area (Å²) in [4.78, 5) is 0. The molecule has 0 amide bonds. The molecule has 0 aromatic heterocycles. The van der Waals surface area contributed by atoms with Crippen molar-refractivity contribution in [2.24, 2.45) is 0 Å². The van der Waals surface area contributed by atoms with E-state index in [2.05, 4.69) is 4.74 Å². The Balaban J connectivity index is 2.92. The van der Waals surface area contributed by atoms with Crippen LogP contribution < -0.4 is 0 Å². The van der Waals surface area contributed by atoms with Gasteiger partial charge < -0.3 is 14.9 Å². The van der Waals surface area contributed by atoms with Gasteiger partial charge in [0.2, 0.25) is 0 Å². The van der Waals surface area contributed by atoms with Gasteiger partial charge in [-0.05, 0) is 6.92 Å². The van der Waals surface area contributed by atoms with Crippen LogP contribution >= 0.6 is 0 Å². The molecule has 0 radical (unpaired) electrons. The first-order valence-corrected chi connectivity index (χ1v) is 2.71. The van der Waals surface area contributed by atoms with Gasteiger partial charge in [-0.2, -0.15) is 0 Å². The Morgan fingerprint density at radius 1 is 1.62 bits per heavy atom. The second-order valence-electron chi connectivity index (χ2n) is 1.42. The summed E-state index contributed by atoms with van der Waals surface area (Å²) in [5.74, 6) is 0. The van der Waals surface area contributed by atoms with Gasteiger partial charge in [-0.1, -0.05) is 0 Å². The van der Waals surface area contributed by atoms with Gasteiger partial charge in [0, 0.05) is 19.6 Å². The molecule has 0 heterocycles. The molecule has 2 N–H and O–H groups in total. The molecule has 0 aliphatic heterocycles. The predicted molar refractivity (Wildman–Crippen MR) is 29.3 cm³/mol. The van der Waals surface area contributed by atoms with Crippen molar-refractivity contribution in [2.45, 2.75) is 19.6 Å². The first-order valence-electron chi connectivity index (χ1n) is 2.71. The van der Waals surface area contributed by atoms with E-state index in [0.717, 1.165) is 0 Å². The van der Waals surface area contributed by atoms with E-state index in [0.29, 0.717) is 13.0 Å². The molecule has 8 heavy (non-hydrogen) atoms. The maximum absolute atomic E-state index is 8.67. The zero-order chi connectivity index (χ0) is 6.41. The van der Waals surface area contributed by atoms with E-state index < -0.39 is 6.29 Å². The van der Waals surface area contributed by atoms with Crippen molar-refractivity contribution in [1.29, 1.82) is 0 Å². The molecular weight excluding hydrogens is 108 g/mol. The molecule has 0 saturated carbocycles. The van der Waals surface area contributed by atoms with E-state index in [1.54, 1.807) is 6.92 Å². The molecule has 1 atom stereocenters. The smallest absolute Gasteiger partial charge is 0.156 e. The third-order valence-corrected chi connectivity index (χ3v) is 0.735. The van der Waals surface area contributed by atoms with Crippen LogP contribution in [0.15, 0.2) is 0 Å². The molecule has 0 saturated heterocycles. The second kappa shape index (κ2) is 5.03. The van der Waals surface area contributed by atoms with E-state index in [9.17, 15) is 0 Å². The van der Waals surface area contributed by atoms with Gasteiger partial charge in [0.05, 0.1) is 0 Å². The van der Waals surface area contributed by atoms with Gasteiger partial charge in [0.25, 0.3) is 0 Å². The minimum Gasteiger partial charge on any atom is -0.396 e. The van der Waals surface area contributed by atoms with Crippen molar-refractivity contribution in [3.63, 3.8) is 0 Å². The van der Waals surface area contributed by atoms with Gasteiger partial charge in [0.1, 0.15) is 0 Å².